The third-order valence-electron chi connectivity index (χ3n) is 6.45. The van der Waals surface area contributed by atoms with Gasteiger partial charge in [-0.15, -0.1) is 13.2 Å². The van der Waals surface area contributed by atoms with Crippen molar-refractivity contribution in [3.63, 3.8) is 0 Å². The molecule has 1 aromatic heterocycles. The Kier molecular flexibility index (Phi) is 8.32. The van der Waals surface area contributed by atoms with Gasteiger partial charge in [-0.3, -0.25) is 9.69 Å². The molecule has 1 saturated heterocycles. The number of pyridine rings is 1. The van der Waals surface area contributed by atoms with Crippen molar-refractivity contribution in [1.29, 1.82) is 0 Å². The highest BCUT2D eigenvalue weighted by molar-refractivity contribution is 5.77. The minimum Gasteiger partial charge on any atom is -0.484 e. The Hall–Kier alpha value is -3.19. The van der Waals surface area contributed by atoms with Crippen molar-refractivity contribution in [1.82, 2.24) is 15.2 Å². The van der Waals surface area contributed by atoms with Crippen molar-refractivity contribution in [3.05, 3.63) is 48.2 Å². The van der Waals surface area contributed by atoms with Gasteiger partial charge in [0.2, 0.25) is 0 Å². The van der Waals surface area contributed by atoms with Crippen LogP contribution in [0, 0.1) is 0 Å². The predicted octanol–water partition coefficient (Wildman–Crippen LogP) is 3.82. The Bertz CT molecular complexity index is 1030. The van der Waals surface area contributed by atoms with Gasteiger partial charge in [0.25, 0.3) is 12.3 Å². The number of carbonyl (C=O) groups excluding carboxylic acids is 1. The molecule has 1 amide bonds. The molecule has 13 heteroatoms. The number of halogens is 5. The van der Waals surface area contributed by atoms with E-state index in [9.17, 15) is 31.9 Å². The average Bonchev–Trinajstić information content (AvgIpc) is 3.24. The summed E-state index contributed by atoms with van der Waals surface area (Å²) in [6.07, 6.45) is -4.29. The third kappa shape index (κ3) is 7.19. The van der Waals surface area contributed by atoms with Gasteiger partial charge in [0.05, 0.1) is 0 Å². The summed E-state index contributed by atoms with van der Waals surface area (Å²) >= 11 is 0. The number of nitrogens with one attached hydrogen (secondary N) is 1. The number of anilines is 1. The normalized spacial score (nSPS) is 22.8. The van der Waals surface area contributed by atoms with E-state index >= 15 is 0 Å². The van der Waals surface area contributed by atoms with Gasteiger partial charge in [0, 0.05) is 36.9 Å². The number of ether oxygens (including phenoxy) is 2. The van der Waals surface area contributed by atoms with E-state index in [0.29, 0.717) is 31.7 Å². The minimum absolute atomic E-state index is 0.0608. The molecule has 1 unspecified atom stereocenters. The molecule has 0 radical (unpaired) electrons. The number of aliphatic hydroxyl groups is 1. The molecule has 4 rings (SSSR count). The van der Waals surface area contributed by atoms with Crippen LogP contribution in [0.4, 0.5) is 27.8 Å². The monoisotopic (exact) mass is 530 g/mol. The van der Waals surface area contributed by atoms with Crippen LogP contribution in [-0.4, -0.2) is 65.4 Å². The molecule has 8 nitrogen and oxygen atoms in total. The van der Waals surface area contributed by atoms with E-state index in [0.717, 1.165) is 31.2 Å². The van der Waals surface area contributed by atoms with Crippen molar-refractivity contribution < 1.29 is 41.3 Å². The summed E-state index contributed by atoms with van der Waals surface area (Å²) in [6, 6.07) is 7.59. The molecule has 2 N–H and O–H groups in total. The molecule has 1 aromatic carbocycles. The zero-order chi connectivity index (χ0) is 26.6. The number of amides is 1. The first-order valence-electron chi connectivity index (χ1n) is 11.8. The number of alkyl halides is 5. The molecule has 0 spiro atoms. The SMILES string of the molecule is O=C(COc1ccc(OC(F)(F)F)cc1)NC1CCC(N2CCN(c3ccc(C(F)F)cn3)C2O)CC1. The van der Waals surface area contributed by atoms with Crippen LogP contribution in [0.2, 0.25) is 0 Å². The minimum atomic E-state index is -4.78. The lowest BCUT2D eigenvalue weighted by Crippen LogP contribution is -2.48. The highest BCUT2D eigenvalue weighted by atomic mass is 19.4. The molecule has 202 valence electrons. The number of hydrogen-bond acceptors (Lipinski definition) is 7. The summed E-state index contributed by atoms with van der Waals surface area (Å²) in [6.45, 7) is 0.831. The van der Waals surface area contributed by atoms with Crippen LogP contribution < -0.4 is 19.7 Å². The Morgan fingerprint density at radius 2 is 1.73 bits per heavy atom. The summed E-state index contributed by atoms with van der Waals surface area (Å²) in [7, 11) is 0. The van der Waals surface area contributed by atoms with E-state index in [1.165, 1.54) is 24.3 Å². The fraction of sp³-hybridized carbons (Fsp3) is 0.500. The first-order chi connectivity index (χ1) is 17.6. The van der Waals surface area contributed by atoms with Gasteiger partial charge in [-0.1, -0.05) is 0 Å². The molecule has 2 aromatic rings. The van der Waals surface area contributed by atoms with Crippen molar-refractivity contribution >= 4 is 11.7 Å². The van der Waals surface area contributed by atoms with Gasteiger partial charge < -0.3 is 24.8 Å². The Labute approximate surface area is 210 Å². The maximum atomic E-state index is 12.8. The zero-order valence-electron chi connectivity index (χ0n) is 19.7. The predicted molar refractivity (Wildman–Crippen MR) is 122 cm³/mol. The van der Waals surface area contributed by atoms with Crippen molar-refractivity contribution in [2.45, 2.75) is 56.9 Å². The number of benzene rings is 1. The first kappa shape index (κ1) is 26.9. The van der Waals surface area contributed by atoms with Crippen LogP contribution in [0.15, 0.2) is 42.6 Å². The second kappa shape index (κ2) is 11.5. The van der Waals surface area contributed by atoms with Crippen molar-refractivity contribution in [3.8, 4) is 11.5 Å². The summed E-state index contributed by atoms with van der Waals surface area (Å²) < 4.78 is 71.3. The number of carbonyl (C=O) groups is 1. The number of hydrogen-bond donors (Lipinski definition) is 2. The molecule has 2 heterocycles. The number of aliphatic hydroxyl groups excluding tert-OH is 1. The zero-order valence-corrected chi connectivity index (χ0v) is 19.7. The maximum absolute atomic E-state index is 12.8. The lowest BCUT2D eigenvalue weighted by atomic mass is 9.90. The van der Waals surface area contributed by atoms with E-state index in [-0.39, 0.29) is 41.7 Å². The lowest BCUT2D eigenvalue weighted by molar-refractivity contribution is -0.274. The van der Waals surface area contributed by atoms with Crippen molar-refractivity contribution in [2.75, 3.05) is 24.6 Å². The Balaban J connectivity index is 1.19. The molecule has 0 bridgehead atoms. The second-order valence-electron chi connectivity index (χ2n) is 8.91. The Morgan fingerprint density at radius 3 is 2.32 bits per heavy atom. The fourth-order valence-electron chi connectivity index (χ4n) is 4.64. The topological polar surface area (TPSA) is 87.2 Å². The van der Waals surface area contributed by atoms with Crippen LogP contribution in [0.3, 0.4) is 0 Å². The smallest absolute Gasteiger partial charge is 0.484 e. The van der Waals surface area contributed by atoms with Gasteiger partial charge in [-0.05, 0) is 62.1 Å². The Morgan fingerprint density at radius 1 is 1.05 bits per heavy atom. The number of rotatable bonds is 8. The number of aromatic nitrogens is 1. The van der Waals surface area contributed by atoms with E-state index in [4.69, 9.17) is 4.74 Å². The van der Waals surface area contributed by atoms with Crippen molar-refractivity contribution in [2.24, 2.45) is 0 Å². The summed E-state index contributed by atoms with van der Waals surface area (Å²) in [4.78, 5) is 20.0. The molecular formula is C24H27F5N4O4. The molecule has 37 heavy (non-hydrogen) atoms. The molecule has 1 atom stereocenters. The van der Waals surface area contributed by atoms with Crippen LogP contribution in [0.1, 0.15) is 37.7 Å². The molecule has 1 aliphatic heterocycles. The standard InChI is InChI=1S/C24H27F5N4O4/c25-22(26)15-1-10-20(30-13-15)33-12-11-32(23(33)35)17-4-2-16(3-5-17)31-21(34)14-36-18-6-8-19(9-7-18)37-24(27,28)29/h1,6-10,13,16-17,22-23,35H,2-5,11-12,14H2,(H,31,34). The molecule has 1 saturated carbocycles. The summed E-state index contributed by atoms with van der Waals surface area (Å²) in [5.74, 6) is -0.0554. The molecule has 2 aliphatic rings. The van der Waals surface area contributed by atoms with Crippen LogP contribution in [-0.2, 0) is 4.79 Å². The first-order valence-corrected chi connectivity index (χ1v) is 11.8. The van der Waals surface area contributed by atoms with Crippen LogP contribution in [0.25, 0.3) is 0 Å². The lowest BCUT2D eigenvalue weighted by Gasteiger charge is -2.37. The van der Waals surface area contributed by atoms with E-state index in [1.54, 1.807) is 4.90 Å². The van der Waals surface area contributed by atoms with Crippen LogP contribution >= 0.6 is 0 Å². The third-order valence-corrected chi connectivity index (χ3v) is 6.45. The summed E-state index contributed by atoms with van der Waals surface area (Å²) in [5.41, 5.74) is -0.173. The fourth-order valence-corrected chi connectivity index (χ4v) is 4.64. The number of nitrogens with zero attached hydrogens (tertiary/aromatic N) is 3. The average molecular weight is 530 g/mol. The quantitative estimate of drug-likeness (QED) is 0.502. The molecule has 1 aliphatic carbocycles. The largest absolute Gasteiger partial charge is 0.573 e. The van der Waals surface area contributed by atoms with E-state index in [2.05, 4.69) is 15.0 Å². The van der Waals surface area contributed by atoms with E-state index in [1.807, 2.05) is 4.90 Å². The summed E-state index contributed by atoms with van der Waals surface area (Å²) in [5, 5.41) is 13.7. The second-order valence-corrected chi connectivity index (χ2v) is 8.91. The van der Waals surface area contributed by atoms with Crippen LogP contribution in [0.5, 0.6) is 11.5 Å². The highest BCUT2D eigenvalue weighted by Crippen LogP contribution is 2.30. The van der Waals surface area contributed by atoms with Gasteiger partial charge in [0.1, 0.15) is 17.3 Å². The van der Waals surface area contributed by atoms with Gasteiger partial charge >= 0.3 is 6.36 Å². The molecular weight excluding hydrogens is 503 g/mol. The maximum Gasteiger partial charge on any atom is 0.573 e. The highest BCUT2D eigenvalue weighted by Gasteiger charge is 2.37. The van der Waals surface area contributed by atoms with Gasteiger partial charge in [-0.25, -0.2) is 13.8 Å². The van der Waals surface area contributed by atoms with E-state index < -0.39 is 19.1 Å². The van der Waals surface area contributed by atoms with Gasteiger partial charge in [-0.2, -0.15) is 0 Å². The molecule has 2 fully saturated rings. The van der Waals surface area contributed by atoms with Gasteiger partial charge in [0.15, 0.2) is 13.0 Å².